The maximum atomic E-state index is 12.6. The SMILES string of the molecule is CCCCCCCCCCCCCCCCCCCCCCCCCCCC(O)C(CO)NC(=O)CCCCCCCCCCCCCCCCCCCCCCCCCCCCCOC(=O)CCCCCCCCCCCCCCCCCCCCC. The van der Waals surface area contributed by atoms with Crippen molar-refractivity contribution in [3.8, 4) is 0 Å². The predicted octanol–water partition coefficient (Wildman–Crippen LogP) is 27.3. The zero-order chi connectivity index (χ0) is 63.5. The van der Waals surface area contributed by atoms with E-state index in [2.05, 4.69) is 19.2 Å². The molecular formula is C82H163NO5. The third-order valence-corrected chi connectivity index (χ3v) is 19.9. The Morgan fingerprint density at radius 1 is 0.273 bits per heavy atom. The summed E-state index contributed by atoms with van der Waals surface area (Å²) < 4.78 is 5.52. The fraction of sp³-hybridized carbons (Fsp3) is 0.976. The van der Waals surface area contributed by atoms with E-state index in [0.29, 0.717) is 25.9 Å². The normalized spacial score (nSPS) is 12.4. The molecule has 0 fully saturated rings. The van der Waals surface area contributed by atoms with Gasteiger partial charge < -0.3 is 20.3 Å². The molecule has 0 heterocycles. The molecule has 6 heteroatoms. The van der Waals surface area contributed by atoms with Crippen LogP contribution in [0.4, 0.5) is 0 Å². The molecular weight excluding hydrogens is 1080 g/mol. The van der Waals surface area contributed by atoms with Crippen LogP contribution in [0.15, 0.2) is 0 Å². The van der Waals surface area contributed by atoms with Crippen LogP contribution >= 0.6 is 0 Å². The van der Waals surface area contributed by atoms with Gasteiger partial charge in [0.15, 0.2) is 0 Å². The number of unbranched alkanes of at least 4 members (excludes halogenated alkanes) is 68. The molecule has 2 unspecified atom stereocenters. The lowest BCUT2D eigenvalue weighted by atomic mass is 10.0. The van der Waals surface area contributed by atoms with Gasteiger partial charge in [-0.15, -0.1) is 0 Å². The number of aliphatic hydroxyl groups is 2. The van der Waals surface area contributed by atoms with Gasteiger partial charge in [-0.2, -0.15) is 0 Å². The lowest BCUT2D eigenvalue weighted by Gasteiger charge is -2.22. The summed E-state index contributed by atoms with van der Waals surface area (Å²) in [6.07, 6.45) is 97.8. The van der Waals surface area contributed by atoms with Gasteiger partial charge in [0.2, 0.25) is 5.91 Å². The number of hydrogen-bond acceptors (Lipinski definition) is 5. The molecule has 0 saturated carbocycles. The number of carbonyl (C=O) groups is 2. The quantitative estimate of drug-likeness (QED) is 0.0417. The standard InChI is InChI=1S/C82H163NO5/c1-3-5-7-9-11-13-15-17-19-21-23-24-25-29-32-35-39-42-46-50-54-58-62-66-70-74-80(85)79(78-84)83-81(86)75-71-67-63-59-55-51-47-43-40-36-33-30-27-26-28-31-34-37-41-45-49-53-57-61-65-69-73-77-88-82(87)76-72-68-64-60-56-52-48-44-38-22-20-18-16-14-12-10-8-6-4-2/h79-80,84-85H,3-78H2,1-2H3,(H,83,86). The first kappa shape index (κ1) is 86.9. The van der Waals surface area contributed by atoms with Crippen molar-refractivity contribution in [2.24, 2.45) is 0 Å². The smallest absolute Gasteiger partial charge is 0.305 e. The molecule has 0 aliphatic heterocycles. The Morgan fingerprint density at radius 2 is 0.466 bits per heavy atom. The van der Waals surface area contributed by atoms with Gasteiger partial charge in [-0.3, -0.25) is 9.59 Å². The predicted molar refractivity (Wildman–Crippen MR) is 389 cm³/mol. The average Bonchev–Trinajstić information content (AvgIpc) is 3.58. The van der Waals surface area contributed by atoms with Crippen molar-refractivity contribution in [3.63, 3.8) is 0 Å². The zero-order valence-corrected chi connectivity index (χ0v) is 60.5. The molecule has 0 aliphatic rings. The first-order valence-corrected chi connectivity index (χ1v) is 41.3. The third kappa shape index (κ3) is 73.9. The highest BCUT2D eigenvalue weighted by Gasteiger charge is 2.20. The van der Waals surface area contributed by atoms with Crippen molar-refractivity contribution in [1.29, 1.82) is 0 Å². The summed E-state index contributed by atoms with van der Waals surface area (Å²) in [6.45, 7) is 5.03. The highest BCUT2D eigenvalue weighted by Crippen LogP contribution is 2.21. The number of aliphatic hydroxyl groups excluding tert-OH is 2. The molecule has 0 rings (SSSR count). The van der Waals surface area contributed by atoms with Crippen LogP contribution in [0, 0.1) is 0 Å². The van der Waals surface area contributed by atoms with Gasteiger partial charge in [-0.25, -0.2) is 0 Å². The topological polar surface area (TPSA) is 95.9 Å². The Kier molecular flexibility index (Phi) is 77.3. The second-order valence-electron chi connectivity index (χ2n) is 28.8. The van der Waals surface area contributed by atoms with Crippen LogP contribution in [-0.4, -0.2) is 47.4 Å². The van der Waals surface area contributed by atoms with E-state index >= 15 is 0 Å². The number of amides is 1. The van der Waals surface area contributed by atoms with E-state index in [1.165, 1.54) is 417 Å². The minimum atomic E-state index is -0.663. The minimum absolute atomic E-state index is 0.0248. The Balaban J connectivity index is 3.33. The summed E-state index contributed by atoms with van der Waals surface area (Å²) in [6, 6.07) is -0.540. The van der Waals surface area contributed by atoms with Crippen LogP contribution in [0.5, 0.6) is 0 Å². The number of carbonyl (C=O) groups excluding carboxylic acids is 2. The molecule has 0 radical (unpaired) electrons. The highest BCUT2D eigenvalue weighted by molar-refractivity contribution is 5.76. The van der Waals surface area contributed by atoms with E-state index in [1.54, 1.807) is 0 Å². The fourth-order valence-electron chi connectivity index (χ4n) is 13.6. The van der Waals surface area contributed by atoms with Gasteiger partial charge in [0.1, 0.15) is 0 Å². The monoisotopic (exact) mass is 1240 g/mol. The zero-order valence-electron chi connectivity index (χ0n) is 60.5. The molecule has 6 nitrogen and oxygen atoms in total. The number of ether oxygens (including phenoxy) is 1. The molecule has 0 aromatic rings. The van der Waals surface area contributed by atoms with Gasteiger partial charge in [0, 0.05) is 12.8 Å². The van der Waals surface area contributed by atoms with Gasteiger partial charge in [0.25, 0.3) is 0 Å². The summed E-state index contributed by atoms with van der Waals surface area (Å²) in [7, 11) is 0. The second kappa shape index (κ2) is 78.3. The van der Waals surface area contributed by atoms with Gasteiger partial charge >= 0.3 is 5.97 Å². The molecule has 0 aliphatic carbocycles. The van der Waals surface area contributed by atoms with Crippen LogP contribution in [0.1, 0.15) is 489 Å². The molecule has 0 aromatic carbocycles. The average molecular weight is 1240 g/mol. The van der Waals surface area contributed by atoms with Crippen LogP contribution in [0.2, 0.25) is 0 Å². The Labute approximate surface area is 553 Å². The van der Waals surface area contributed by atoms with Crippen molar-refractivity contribution in [1.82, 2.24) is 5.32 Å². The number of rotatable bonds is 79. The van der Waals surface area contributed by atoms with Crippen molar-refractivity contribution < 1.29 is 24.5 Å². The Morgan fingerprint density at radius 3 is 0.693 bits per heavy atom. The van der Waals surface area contributed by atoms with E-state index in [4.69, 9.17) is 4.74 Å². The van der Waals surface area contributed by atoms with Crippen LogP contribution < -0.4 is 5.32 Å². The maximum absolute atomic E-state index is 12.6. The van der Waals surface area contributed by atoms with Crippen LogP contribution in [0.25, 0.3) is 0 Å². The highest BCUT2D eigenvalue weighted by atomic mass is 16.5. The fourth-order valence-corrected chi connectivity index (χ4v) is 13.6. The molecule has 526 valence electrons. The van der Waals surface area contributed by atoms with E-state index in [-0.39, 0.29) is 18.5 Å². The summed E-state index contributed by atoms with van der Waals surface area (Å²) in [5, 5.41) is 23.5. The maximum Gasteiger partial charge on any atom is 0.305 e. The van der Waals surface area contributed by atoms with Gasteiger partial charge in [-0.05, 0) is 25.7 Å². The van der Waals surface area contributed by atoms with Crippen molar-refractivity contribution in [2.75, 3.05) is 13.2 Å². The molecule has 0 saturated heterocycles. The van der Waals surface area contributed by atoms with Crippen molar-refractivity contribution in [2.45, 2.75) is 501 Å². The Hall–Kier alpha value is -1.14. The van der Waals surface area contributed by atoms with E-state index in [1.807, 2.05) is 0 Å². The summed E-state index contributed by atoms with van der Waals surface area (Å²) in [4.78, 5) is 24.7. The molecule has 3 N–H and O–H groups in total. The minimum Gasteiger partial charge on any atom is -0.466 e. The number of nitrogens with one attached hydrogen (secondary N) is 1. The van der Waals surface area contributed by atoms with Gasteiger partial charge in [-0.1, -0.05) is 450 Å². The third-order valence-electron chi connectivity index (χ3n) is 19.9. The van der Waals surface area contributed by atoms with E-state index in [0.717, 1.165) is 38.5 Å². The summed E-state index contributed by atoms with van der Waals surface area (Å²) >= 11 is 0. The summed E-state index contributed by atoms with van der Waals surface area (Å²) in [5.41, 5.74) is 0. The van der Waals surface area contributed by atoms with Crippen LogP contribution in [-0.2, 0) is 14.3 Å². The summed E-state index contributed by atoms with van der Waals surface area (Å²) in [5.74, 6) is -0.000423. The van der Waals surface area contributed by atoms with E-state index in [9.17, 15) is 19.8 Å². The lowest BCUT2D eigenvalue weighted by molar-refractivity contribution is -0.143. The van der Waals surface area contributed by atoms with Crippen molar-refractivity contribution >= 4 is 11.9 Å². The number of hydrogen-bond donors (Lipinski definition) is 3. The first-order chi connectivity index (χ1) is 43.5. The number of esters is 1. The molecule has 88 heavy (non-hydrogen) atoms. The molecule has 0 aromatic heterocycles. The first-order valence-electron chi connectivity index (χ1n) is 41.3. The molecule has 2 atom stereocenters. The molecule has 0 bridgehead atoms. The Bertz CT molecular complexity index is 1290. The molecule has 1 amide bonds. The molecule has 0 spiro atoms. The van der Waals surface area contributed by atoms with E-state index < -0.39 is 12.1 Å². The second-order valence-corrected chi connectivity index (χ2v) is 28.8. The van der Waals surface area contributed by atoms with Crippen LogP contribution in [0.3, 0.4) is 0 Å². The lowest BCUT2D eigenvalue weighted by Crippen LogP contribution is -2.45. The van der Waals surface area contributed by atoms with Crippen molar-refractivity contribution in [3.05, 3.63) is 0 Å². The largest absolute Gasteiger partial charge is 0.466 e. The van der Waals surface area contributed by atoms with Gasteiger partial charge in [0.05, 0.1) is 25.4 Å².